The van der Waals surface area contributed by atoms with Crippen LogP contribution in [0.3, 0.4) is 0 Å². The fourth-order valence-electron chi connectivity index (χ4n) is 3.88. The quantitative estimate of drug-likeness (QED) is 0.606. The van der Waals surface area contributed by atoms with Gasteiger partial charge in [0, 0.05) is 36.5 Å². The van der Waals surface area contributed by atoms with E-state index in [4.69, 9.17) is 0 Å². The molecule has 0 radical (unpaired) electrons. The largest absolute Gasteiger partial charge is 0.369 e. The highest BCUT2D eigenvalue weighted by Gasteiger charge is 2.18. The van der Waals surface area contributed by atoms with E-state index in [1.165, 1.54) is 22.4 Å². The molecule has 1 aliphatic rings. The topological polar surface area (TPSA) is 58.1 Å². The molecule has 0 aliphatic carbocycles. The molecule has 0 atom stereocenters. The molecular weight excluding hydrogens is 368 g/mol. The van der Waals surface area contributed by atoms with Crippen LogP contribution in [0.5, 0.6) is 0 Å². The molecule has 28 heavy (non-hydrogen) atoms. The normalized spacial score (nSPS) is 14.4. The Hall–Kier alpha value is -2.47. The third kappa shape index (κ3) is 4.02. The van der Waals surface area contributed by atoms with Crippen LogP contribution in [0.25, 0.3) is 21.3 Å². The van der Waals surface area contributed by atoms with E-state index in [2.05, 4.69) is 46.5 Å². The fourth-order valence-corrected chi connectivity index (χ4v) is 4.89. The van der Waals surface area contributed by atoms with Gasteiger partial charge in [-0.25, -0.2) is 9.97 Å². The Balaban J connectivity index is 1.46. The molecule has 1 N–H and O–H groups in total. The lowest BCUT2D eigenvalue weighted by molar-refractivity contribution is -0.132. The van der Waals surface area contributed by atoms with Crippen molar-refractivity contribution < 1.29 is 4.79 Å². The van der Waals surface area contributed by atoms with E-state index in [1.54, 1.807) is 17.7 Å². The smallest absolute Gasteiger partial charge is 0.222 e. The second-order valence-electron chi connectivity index (χ2n) is 7.27. The van der Waals surface area contributed by atoms with Crippen LogP contribution in [0.4, 0.5) is 5.82 Å². The molecule has 3 aromatic rings. The van der Waals surface area contributed by atoms with Crippen LogP contribution in [0, 0.1) is 6.92 Å². The molecule has 1 amide bonds. The first-order chi connectivity index (χ1) is 13.7. The molecule has 6 heteroatoms. The van der Waals surface area contributed by atoms with Gasteiger partial charge in [0.2, 0.25) is 5.91 Å². The number of carbonyl (C=O) groups excluding carboxylic acids is 1. The number of benzene rings is 1. The number of thiophene rings is 1. The number of hydrogen-bond donors (Lipinski definition) is 1. The van der Waals surface area contributed by atoms with Crippen molar-refractivity contribution in [3.05, 3.63) is 41.5 Å². The Labute approximate surface area is 169 Å². The second-order valence-corrected chi connectivity index (χ2v) is 8.48. The minimum atomic E-state index is 0.283. The Kier molecular flexibility index (Phi) is 5.86. The van der Waals surface area contributed by atoms with Crippen molar-refractivity contribution in [2.75, 3.05) is 25.0 Å². The maximum absolute atomic E-state index is 12.3. The van der Waals surface area contributed by atoms with E-state index in [1.807, 2.05) is 11.0 Å². The maximum Gasteiger partial charge on any atom is 0.222 e. The third-order valence-electron chi connectivity index (χ3n) is 5.30. The number of nitrogens with one attached hydrogen (secondary N) is 1. The zero-order valence-electron chi connectivity index (χ0n) is 16.3. The van der Waals surface area contributed by atoms with Crippen molar-refractivity contribution in [3.8, 4) is 11.1 Å². The highest BCUT2D eigenvalue weighted by atomic mass is 32.1. The van der Waals surface area contributed by atoms with Gasteiger partial charge in [0.1, 0.15) is 17.0 Å². The van der Waals surface area contributed by atoms with Crippen molar-refractivity contribution >= 4 is 33.3 Å². The van der Waals surface area contributed by atoms with Crippen LogP contribution in [-0.4, -0.2) is 40.4 Å². The second kappa shape index (κ2) is 8.69. The summed E-state index contributed by atoms with van der Waals surface area (Å²) >= 11 is 1.70. The Morgan fingerprint density at radius 1 is 1.14 bits per heavy atom. The lowest BCUT2D eigenvalue weighted by Gasteiger charge is -2.26. The van der Waals surface area contributed by atoms with Gasteiger partial charge in [-0.2, -0.15) is 0 Å². The van der Waals surface area contributed by atoms with Gasteiger partial charge in [-0.1, -0.05) is 30.3 Å². The monoisotopic (exact) mass is 394 g/mol. The first kappa shape index (κ1) is 18.9. The van der Waals surface area contributed by atoms with Gasteiger partial charge >= 0.3 is 0 Å². The zero-order valence-corrected chi connectivity index (χ0v) is 17.1. The van der Waals surface area contributed by atoms with Gasteiger partial charge in [0.05, 0.1) is 5.39 Å². The van der Waals surface area contributed by atoms with Crippen molar-refractivity contribution in [2.45, 2.75) is 39.0 Å². The summed E-state index contributed by atoms with van der Waals surface area (Å²) in [6.45, 7) is 4.71. The van der Waals surface area contributed by atoms with Crippen molar-refractivity contribution in [2.24, 2.45) is 0 Å². The van der Waals surface area contributed by atoms with E-state index in [0.29, 0.717) is 6.42 Å². The first-order valence-corrected chi connectivity index (χ1v) is 10.9. The molecular formula is C22H26N4OS. The number of likely N-dealkylation sites (tertiary alicyclic amines) is 1. The molecule has 146 valence electrons. The predicted molar refractivity (Wildman–Crippen MR) is 116 cm³/mol. The number of amides is 1. The summed E-state index contributed by atoms with van der Waals surface area (Å²) in [5, 5.41) is 4.54. The summed E-state index contributed by atoms with van der Waals surface area (Å²) < 4.78 is 0. The number of hydrogen-bond acceptors (Lipinski definition) is 5. The number of fused-ring (bicyclic) bond motifs is 1. The van der Waals surface area contributed by atoms with Crippen LogP contribution < -0.4 is 5.32 Å². The summed E-state index contributed by atoms with van der Waals surface area (Å²) in [5.74, 6) is 1.14. The predicted octanol–water partition coefficient (Wildman–Crippen LogP) is 4.87. The zero-order chi connectivity index (χ0) is 19.3. The van der Waals surface area contributed by atoms with Gasteiger partial charge < -0.3 is 10.2 Å². The van der Waals surface area contributed by atoms with Crippen LogP contribution in [0.2, 0.25) is 0 Å². The number of aryl methyl sites for hydroxylation is 1. The van der Waals surface area contributed by atoms with Crippen LogP contribution in [-0.2, 0) is 4.79 Å². The highest BCUT2D eigenvalue weighted by Crippen LogP contribution is 2.40. The lowest BCUT2D eigenvalue weighted by atomic mass is 10.0. The van der Waals surface area contributed by atoms with E-state index >= 15 is 0 Å². The van der Waals surface area contributed by atoms with Gasteiger partial charge in [-0.05, 0) is 38.2 Å². The Morgan fingerprint density at radius 2 is 1.93 bits per heavy atom. The number of carbonyl (C=O) groups is 1. The SMILES string of the molecule is Cc1sc2ncnc(NCCCC(=O)N3CCCCC3)c2c1-c1ccccc1. The number of nitrogens with zero attached hydrogens (tertiary/aromatic N) is 3. The van der Waals surface area contributed by atoms with Crippen LogP contribution >= 0.6 is 11.3 Å². The molecule has 3 heterocycles. The molecule has 0 saturated carbocycles. The Bertz CT molecular complexity index is 948. The van der Waals surface area contributed by atoms with E-state index in [0.717, 1.165) is 54.9 Å². The fraction of sp³-hybridized carbons (Fsp3) is 0.409. The number of anilines is 1. The van der Waals surface area contributed by atoms with Gasteiger partial charge in [0.25, 0.3) is 0 Å². The van der Waals surface area contributed by atoms with Crippen molar-refractivity contribution in [1.29, 1.82) is 0 Å². The van der Waals surface area contributed by atoms with Gasteiger partial charge in [-0.15, -0.1) is 11.3 Å². The minimum Gasteiger partial charge on any atom is -0.369 e. The highest BCUT2D eigenvalue weighted by molar-refractivity contribution is 7.19. The van der Waals surface area contributed by atoms with Crippen LogP contribution in [0.15, 0.2) is 36.7 Å². The molecule has 5 nitrogen and oxygen atoms in total. The standard InChI is InChI=1S/C22H26N4OS/c1-16-19(17-9-4-2-5-10-17)20-21(24-15-25-22(20)28-16)23-12-8-11-18(27)26-13-6-3-7-14-26/h2,4-5,9-10,15H,3,6-8,11-14H2,1H3,(H,23,24,25). The molecule has 1 saturated heterocycles. The minimum absolute atomic E-state index is 0.283. The van der Waals surface area contributed by atoms with E-state index in [-0.39, 0.29) is 5.91 Å². The maximum atomic E-state index is 12.3. The summed E-state index contributed by atoms with van der Waals surface area (Å²) in [6.07, 6.45) is 6.55. The average Bonchev–Trinajstić information content (AvgIpc) is 3.08. The van der Waals surface area contributed by atoms with Crippen LogP contribution in [0.1, 0.15) is 37.0 Å². The third-order valence-corrected chi connectivity index (χ3v) is 6.31. The number of piperidine rings is 1. The molecule has 0 bridgehead atoms. The molecule has 4 rings (SSSR count). The molecule has 1 fully saturated rings. The lowest BCUT2D eigenvalue weighted by Crippen LogP contribution is -2.35. The first-order valence-electron chi connectivity index (χ1n) is 10.0. The Morgan fingerprint density at radius 3 is 2.71 bits per heavy atom. The molecule has 1 aliphatic heterocycles. The molecule has 2 aromatic heterocycles. The summed E-state index contributed by atoms with van der Waals surface area (Å²) in [5.41, 5.74) is 2.39. The van der Waals surface area contributed by atoms with Gasteiger partial charge in [-0.3, -0.25) is 4.79 Å². The number of aromatic nitrogens is 2. The van der Waals surface area contributed by atoms with Crippen molar-refractivity contribution in [1.82, 2.24) is 14.9 Å². The van der Waals surface area contributed by atoms with Gasteiger partial charge in [0.15, 0.2) is 0 Å². The average molecular weight is 395 g/mol. The molecule has 1 aromatic carbocycles. The molecule has 0 unspecified atom stereocenters. The van der Waals surface area contributed by atoms with Crippen molar-refractivity contribution in [3.63, 3.8) is 0 Å². The summed E-state index contributed by atoms with van der Waals surface area (Å²) in [7, 11) is 0. The summed E-state index contributed by atoms with van der Waals surface area (Å²) in [6, 6.07) is 10.4. The molecule has 0 spiro atoms. The van der Waals surface area contributed by atoms with E-state index < -0.39 is 0 Å². The summed E-state index contributed by atoms with van der Waals surface area (Å²) in [4.78, 5) is 25.6. The number of rotatable bonds is 6. The van der Waals surface area contributed by atoms with E-state index in [9.17, 15) is 4.79 Å².